The number of amides is 1. The van der Waals surface area contributed by atoms with Gasteiger partial charge in [-0.1, -0.05) is 19.1 Å². The Bertz CT molecular complexity index is 1300. The van der Waals surface area contributed by atoms with Crippen LogP contribution in [0.3, 0.4) is 0 Å². The molecule has 1 amide bonds. The molecule has 10 heteroatoms. The monoisotopic (exact) mass is 497 g/mol. The van der Waals surface area contributed by atoms with Crippen molar-refractivity contribution in [1.29, 1.82) is 0 Å². The predicted molar refractivity (Wildman–Crippen MR) is 130 cm³/mol. The largest absolute Gasteiger partial charge is 0.490 e. The number of rotatable bonds is 9. The lowest BCUT2D eigenvalue weighted by molar-refractivity contribution is 0.0950. The van der Waals surface area contributed by atoms with E-state index in [-0.39, 0.29) is 23.0 Å². The maximum absolute atomic E-state index is 13.0. The van der Waals surface area contributed by atoms with Crippen molar-refractivity contribution in [2.75, 3.05) is 24.5 Å². The Morgan fingerprint density at radius 2 is 1.89 bits per heavy atom. The first-order chi connectivity index (χ1) is 17.0. The van der Waals surface area contributed by atoms with Crippen LogP contribution < -0.4 is 24.2 Å². The lowest BCUT2D eigenvalue weighted by Crippen LogP contribution is -2.23. The van der Waals surface area contributed by atoms with E-state index < -0.39 is 10.0 Å². The first-order valence-corrected chi connectivity index (χ1v) is 12.8. The Hall–Kier alpha value is -3.79. The number of aromatic nitrogens is 1. The number of hydrogen-bond donors (Lipinski definition) is 2. The molecule has 0 saturated carbocycles. The zero-order valence-electron chi connectivity index (χ0n) is 19.3. The molecular weight excluding hydrogens is 470 g/mol. The molecule has 9 nitrogen and oxygen atoms in total. The molecule has 0 spiro atoms. The van der Waals surface area contributed by atoms with E-state index in [4.69, 9.17) is 14.2 Å². The van der Waals surface area contributed by atoms with E-state index in [1.807, 2.05) is 13.0 Å². The van der Waals surface area contributed by atoms with Gasteiger partial charge in [0.05, 0.1) is 24.7 Å². The number of carbonyl (C=O) groups is 1. The fourth-order valence-corrected chi connectivity index (χ4v) is 4.48. The van der Waals surface area contributed by atoms with Crippen LogP contribution >= 0.6 is 0 Å². The summed E-state index contributed by atoms with van der Waals surface area (Å²) in [6.45, 7) is 3.72. The Morgan fingerprint density at radius 3 is 2.71 bits per heavy atom. The average Bonchev–Trinajstić information content (AvgIpc) is 3.11. The third-order valence-corrected chi connectivity index (χ3v) is 6.52. The molecule has 0 bridgehead atoms. The molecule has 35 heavy (non-hydrogen) atoms. The van der Waals surface area contributed by atoms with Gasteiger partial charge < -0.3 is 19.5 Å². The first-order valence-electron chi connectivity index (χ1n) is 11.3. The summed E-state index contributed by atoms with van der Waals surface area (Å²) in [4.78, 5) is 17.0. The molecule has 0 unspecified atom stereocenters. The number of pyridine rings is 1. The van der Waals surface area contributed by atoms with Crippen LogP contribution in [0.4, 0.5) is 5.69 Å². The summed E-state index contributed by atoms with van der Waals surface area (Å²) in [7, 11) is -3.91. The van der Waals surface area contributed by atoms with Crippen LogP contribution in [0.1, 0.15) is 35.7 Å². The summed E-state index contributed by atoms with van der Waals surface area (Å²) in [5.41, 5.74) is 1.32. The molecule has 0 atom stereocenters. The topological polar surface area (TPSA) is 116 Å². The highest BCUT2D eigenvalue weighted by Gasteiger charge is 2.19. The minimum Gasteiger partial charge on any atom is -0.490 e. The van der Waals surface area contributed by atoms with Gasteiger partial charge in [0, 0.05) is 42.0 Å². The molecule has 0 radical (unpaired) electrons. The van der Waals surface area contributed by atoms with Crippen LogP contribution in [0.15, 0.2) is 65.7 Å². The fraction of sp³-hybridized carbons (Fsp3) is 0.280. The highest BCUT2D eigenvalue weighted by Crippen LogP contribution is 2.32. The molecule has 1 aromatic heterocycles. The maximum atomic E-state index is 13.0. The van der Waals surface area contributed by atoms with Crippen molar-refractivity contribution in [2.45, 2.75) is 31.2 Å². The van der Waals surface area contributed by atoms with E-state index in [2.05, 4.69) is 15.0 Å². The lowest BCUT2D eigenvalue weighted by Gasteiger charge is -2.13. The Morgan fingerprint density at radius 1 is 1.06 bits per heavy atom. The molecule has 0 aliphatic carbocycles. The van der Waals surface area contributed by atoms with Gasteiger partial charge >= 0.3 is 0 Å². The van der Waals surface area contributed by atoms with Crippen molar-refractivity contribution in [3.63, 3.8) is 0 Å². The van der Waals surface area contributed by atoms with Gasteiger partial charge in [-0.3, -0.25) is 9.52 Å². The standard InChI is InChI=1S/C25H27N3O6S/c1-2-12-34-25-19(7-4-11-26-25)17-27-24(29)18-6-3-8-20(15-18)28-35(30,31)21-9-10-22-23(16-21)33-14-5-13-32-22/h3-4,6-11,15-16,28H,2,5,12-14,17H2,1H3,(H,27,29). The number of nitrogens with one attached hydrogen (secondary N) is 2. The second-order valence-corrected chi connectivity index (χ2v) is 9.53. The van der Waals surface area contributed by atoms with Crippen molar-refractivity contribution >= 4 is 21.6 Å². The van der Waals surface area contributed by atoms with Crippen molar-refractivity contribution in [2.24, 2.45) is 0 Å². The summed E-state index contributed by atoms with van der Waals surface area (Å²) in [5, 5.41) is 2.83. The zero-order valence-corrected chi connectivity index (χ0v) is 20.1. The third kappa shape index (κ3) is 6.21. The number of hydrogen-bond acceptors (Lipinski definition) is 7. The number of fused-ring (bicyclic) bond motifs is 1. The minimum atomic E-state index is -3.91. The van der Waals surface area contributed by atoms with Gasteiger partial charge in [-0.25, -0.2) is 13.4 Å². The van der Waals surface area contributed by atoms with Crippen LogP contribution in [-0.2, 0) is 16.6 Å². The summed E-state index contributed by atoms with van der Waals surface area (Å²) in [5.74, 6) is 1.02. The molecule has 1 aliphatic heterocycles. The number of benzene rings is 2. The van der Waals surface area contributed by atoms with Crippen LogP contribution in [0.5, 0.6) is 17.4 Å². The van der Waals surface area contributed by atoms with E-state index >= 15 is 0 Å². The Balaban J connectivity index is 1.44. The van der Waals surface area contributed by atoms with Crippen LogP contribution in [0.25, 0.3) is 0 Å². The van der Waals surface area contributed by atoms with Crippen molar-refractivity contribution in [1.82, 2.24) is 10.3 Å². The highest BCUT2D eigenvalue weighted by molar-refractivity contribution is 7.92. The highest BCUT2D eigenvalue weighted by atomic mass is 32.2. The van der Waals surface area contributed by atoms with Crippen LogP contribution in [0.2, 0.25) is 0 Å². The van der Waals surface area contributed by atoms with Gasteiger partial charge in [0.15, 0.2) is 11.5 Å². The van der Waals surface area contributed by atoms with Gasteiger partial charge in [0.25, 0.3) is 15.9 Å². The smallest absolute Gasteiger partial charge is 0.262 e. The van der Waals surface area contributed by atoms with E-state index in [1.54, 1.807) is 36.5 Å². The predicted octanol–water partition coefficient (Wildman–Crippen LogP) is 3.76. The first kappa shape index (κ1) is 24.3. The number of anilines is 1. The summed E-state index contributed by atoms with van der Waals surface area (Å²) >= 11 is 0. The van der Waals surface area contributed by atoms with Crippen molar-refractivity contribution in [3.05, 3.63) is 71.9 Å². The second-order valence-electron chi connectivity index (χ2n) is 7.84. The molecule has 2 N–H and O–H groups in total. The average molecular weight is 498 g/mol. The molecule has 4 rings (SSSR count). The van der Waals surface area contributed by atoms with Gasteiger partial charge in [-0.05, 0) is 42.8 Å². The van der Waals surface area contributed by atoms with Crippen molar-refractivity contribution < 1.29 is 27.4 Å². The van der Waals surface area contributed by atoms with Gasteiger partial charge in [-0.2, -0.15) is 0 Å². The van der Waals surface area contributed by atoms with Crippen LogP contribution in [0, 0.1) is 0 Å². The third-order valence-electron chi connectivity index (χ3n) is 5.14. The summed E-state index contributed by atoms with van der Waals surface area (Å²) in [6, 6.07) is 14.4. The van der Waals surface area contributed by atoms with Gasteiger partial charge in [-0.15, -0.1) is 0 Å². The van der Waals surface area contributed by atoms with E-state index in [1.165, 1.54) is 18.2 Å². The molecule has 0 saturated heterocycles. The normalized spacial score (nSPS) is 12.9. The Kier molecular flexibility index (Phi) is 7.71. The number of sulfonamides is 1. The Labute approximate surface area is 204 Å². The van der Waals surface area contributed by atoms with E-state index in [9.17, 15) is 13.2 Å². The van der Waals surface area contributed by atoms with E-state index in [0.29, 0.717) is 42.8 Å². The van der Waals surface area contributed by atoms with E-state index in [0.717, 1.165) is 18.4 Å². The minimum absolute atomic E-state index is 0.0350. The summed E-state index contributed by atoms with van der Waals surface area (Å²) in [6.07, 6.45) is 3.20. The number of nitrogens with zero attached hydrogens (tertiary/aromatic N) is 1. The summed E-state index contributed by atoms with van der Waals surface area (Å²) < 4.78 is 45.2. The second kappa shape index (κ2) is 11.1. The molecule has 2 aromatic carbocycles. The molecule has 3 aromatic rings. The molecule has 0 fully saturated rings. The quantitative estimate of drug-likeness (QED) is 0.462. The molecule has 1 aliphatic rings. The van der Waals surface area contributed by atoms with Crippen LogP contribution in [-0.4, -0.2) is 39.1 Å². The number of carbonyl (C=O) groups excluding carboxylic acids is 1. The SMILES string of the molecule is CCCOc1ncccc1CNC(=O)c1cccc(NS(=O)(=O)c2ccc3c(c2)OCCCO3)c1. The van der Waals surface area contributed by atoms with Crippen molar-refractivity contribution in [3.8, 4) is 17.4 Å². The van der Waals surface area contributed by atoms with Gasteiger partial charge in [0.2, 0.25) is 5.88 Å². The molecule has 184 valence electrons. The van der Waals surface area contributed by atoms with Gasteiger partial charge in [0.1, 0.15) is 0 Å². The number of ether oxygens (including phenoxy) is 3. The maximum Gasteiger partial charge on any atom is 0.262 e. The molecule has 2 heterocycles. The fourth-order valence-electron chi connectivity index (χ4n) is 3.41. The lowest BCUT2D eigenvalue weighted by atomic mass is 10.2. The zero-order chi connectivity index (χ0) is 24.7. The molecular formula is C25H27N3O6S.